The highest BCUT2D eigenvalue weighted by Gasteiger charge is 2.11. The third kappa shape index (κ3) is 8.85. The molecule has 0 bridgehead atoms. The fraction of sp³-hybridized carbons (Fsp3) is 0.727. The Morgan fingerprint density at radius 2 is 1.12 bits per heavy atom. The van der Waals surface area contributed by atoms with Crippen molar-refractivity contribution >= 4 is 23.5 Å². The van der Waals surface area contributed by atoms with Gasteiger partial charge in [0.2, 0.25) is 0 Å². The Bertz CT molecular complexity index is 377. The van der Waals surface area contributed by atoms with Crippen LogP contribution in [0.5, 0.6) is 0 Å². The van der Waals surface area contributed by atoms with Crippen LogP contribution in [0.4, 0.5) is 0 Å². The Hall–Kier alpha value is -0.0800. The smallest absolute Gasteiger partial charge is 0.0208 e. The molecule has 2 unspecified atom stereocenters. The molecule has 138 valence electrons. The second-order valence-corrected chi connectivity index (χ2v) is 9.03. The predicted molar refractivity (Wildman–Crippen MR) is 115 cm³/mol. The molecule has 0 radical (unpaired) electrons. The van der Waals surface area contributed by atoms with E-state index in [-0.39, 0.29) is 0 Å². The maximum atomic E-state index is 2.35. The lowest BCUT2D eigenvalue weighted by Crippen LogP contribution is -2.03. The van der Waals surface area contributed by atoms with E-state index in [2.05, 4.69) is 75.5 Å². The summed E-state index contributed by atoms with van der Waals surface area (Å²) in [6.07, 6.45) is 10.8. The van der Waals surface area contributed by atoms with E-state index in [9.17, 15) is 0 Å². The second-order valence-electron chi connectivity index (χ2n) is 6.90. The van der Waals surface area contributed by atoms with Gasteiger partial charge in [-0.2, -0.15) is 0 Å². The van der Waals surface area contributed by atoms with Gasteiger partial charge in [-0.15, -0.1) is 23.5 Å². The first-order valence-corrected chi connectivity index (χ1v) is 12.1. The van der Waals surface area contributed by atoms with Crippen molar-refractivity contribution in [3.63, 3.8) is 0 Å². The van der Waals surface area contributed by atoms with Crippen LogP contribution in [0.3, 0.4) is 0 Å². The van der Waals surface area contributed by atoms with Gasteiger partial charge in [-0.1, -0.05) is 78.4 Å². The summed E-state index contributed by atoms with van der Waals surface area (Å²) in [5, 5.41) is 0. The van der Waals surface area contributed by atoms with Crippen LogP contribution in [0.1, 0.15) is 79.1 Å². The van der Waals surface area contributed by atoms with Crippen molar-refractivity contribution < 1.29 is 0 Å². The Morgan fingerprint density at radius 3 is 1.46 bits per heavy atom. The molecule has 0 heterocycles. The van der Waals surface area contributed by atoms with Crippen LogP contribution in [0.25, 0.3) is 0 Å². The summed E-state index contributed by atoms with van der Waals surface area (Å²) in [6.45, 7) is 9.30. The molecule has 0 spiro atoms. The topological polar surface area (TPSA) is 0 Å². The fourth-order valence-electron chi connectivity index (χ4n) is 2.90. The molecule has 0 fully saturated rings. The third-order valence-electron chi connectivity index (χ3n) is 4.88. The Balaban J connectivity index is 2.54. The molecular weight excluding hydrogens is 328 g/mol. The van der Waals surface area contributed by atoms with Gasteiger partial charge in [-0.05, 0) is 36.8 Å². The average molecular weight is 367 g/mol. The lowest BCUT2D eigenvalue weighted by atomic mass is 10.0. The standard InChI is InChI=1S/C22H38S2/c1-5-9-13-19(7-3)17-23-21-15-11-12-16-22(21)24-18-20(8-4)14-10-6-2/h11-12,15-16,19-20H,5-10,13-14,17-18H2,1-4H3. The summed E-state index contributed by atoms with van der Waals surface area (Å²) in [7, 11) is 0. The van der Waals surface area contributed by atoms with Crippen LogP contribution in [-0.2, 0) is 0 Å². The van der Waals surface area contributed by atoms with Crippen LogP contribution < -0.4 is 0 Å². The minimum atomic E-state index is 0.876. The number of hydrogen-bond acceptors (Lipinski definition) is 2. The maximum absolute atomic E-state index is 2.35. The number of benzene rings is 1. The highest BCUT2D eigenvalue weighted by Crippen LogP contribution is 2.35. The lowest BCUT2D eigenvalue weighted by Gasteiger charge is -2.17. The molecule has 0 aliphatic rings. The molecule has 2 heteroatoms. The van der Waals surface area contributed by atoms with Gasteiger partial charge < -0.3 is 0 Å². The molecule has 24 heavy (non-hydrogen) atoms. The summed E-state index contributed by atoms with van der Waals surface area (Å²) in [5.41, 5.74) is 0. The lowest BCUT2D eigenvalue weighted by molar-refractivity contribution is 0.499. The van der Waals surface area contributed by atoms with Crippen molar-refractivity contribution in [3.8, 4) is 0 Å². The van der Waals surface area contributed by atoms with Crippen LogP contribution in [0.2, 0.25) is 0 Å². The van der Waals surface area contributed by atoms with Crippen LogP contribution in [0, 0.1) is 11.8 Å². The average Bonchev–Trinajstić information content (AvgIpc) is 2.63. The van der Waals surface area contributed by atoms with Gasteiger partial charge in [0.15, 0.2) is 0 Å². The minimum absolute atomic E-state index is 0.876. The molecular formula is C22H38S2. The molecule has 0 aliphatic heterocycles. The largest absolute Gasteiger partial charge is 0.125 e. The SMILES string of the molecule is CCCCC(CC)CSc1ccccc1SCC(CC)CCCC. The summed E-state index contributed by atoms with van der Waals surface area (Å²) in [4.78, 5) is 3.01. The van der Waals surface area contributed by atoms with Crippen molar-refractivity contribution in [1.29, 1.82) is 0 Å². The number of unbranched alkanes of at least 4 members (excludes halogenated alkanes) is 2. The third-order valence-corrected chi connectivity index (χ3v) is 7.62. The summed E-state index contributed by atoms with van der Waals surface area (Å²) >= 11 is 4.17. The zero-order valence-corrected chi connectivity index (χ0v) is 18.0. The number of hydrogen-bond donors (Lipinski definition) is 0. The van der Waals surface area contributed by atoms with E-state index in [1.54, 1.807) is 0 Å². The first-order chi connectivity index (χ1) is 11.7. The van der Waals surface area contributed by atoms with E-state index in [1.807, 2.05) is 0 Å². The fourth-order valence-corrected chi connectivity index (χ4v) is 5.66. The van der Waals surface area contributed by atoms with E-state index >= 15 is 0 Å². The predicted octanol–water partition coefficient (Wildman–Crippen LogP) is 8.30. The maximum Gasteiger partial charge on any atom is 0.0208 e. The van der Waals surface area contributed by atoms with Crippen LogP contribution >= 0.6 is 23.5 Å². The van der Waals surface area contributed by atoms with E-state index in [0.717, 1.165) is 11.8 Å². The summed E-state index contributed by atoms with van der Waals surface area (Å²) in [5.74, 6) is 4.31. The van der Waals surface area contributed by atoms with Gasteiger partial charge in [0.05, 0.1) is 0 Å². The van der Waals surface area contributed by atoms with Crippen molar-refractivity contribution in [2.24, 2.45) is 11.8 Å². The summed E-state index contributed by atoms with van der Waals surface area (Å²) < 4.78 is 0. The molecule has 0 aromatic heterocycles. The molecule has 0 saturated heterocycles. The molecule has 1 aromatic rings. The number of thioether (sulfide) groups is 2. The summed E-state index contributed by atoms with van der Waals surface area (Å²) in [6, 6.07) is 9.06. The van der Waals surface area contributed by atoms with Crippen molar-refractivity contribution in [2.45, 2.75) is 88.9 Å². The molecule has 1 aromatic carbocycles. The molecule has 0 aliphatic carbocycles. The Kier molecular flexibility index (Phi) is 12.9. The first kappa shape index (κ1) is 22.0. The zero-order valence-electron chi connectivity index (χ0n) is 16.4. The van der Waals surface area contributed by atoms with Gasteiger partial charge >= 0.3 is 0 Å². The molecule has 2 atom stereocenters. The van der Waals surface area contributed by atoms with E-state index in [4.69, 9.17) is 0 Å². The van der Waals surface area contributed by atoms with Crippen molar-refractivity contribution in [3.05, 3.63) is 24.3 Å². The molecule has 0 amide bonds. The molecule has 1 rings (SSSR count). The van der Waals surface area contributed by atoms with E-state index < -0.39 is 0 Å². The van der Waals surface area contributed by atoms with Crippen LogP contribution in [0.15, 0.2) is 34.1 Å². The quantitative estimate of drug-likeness (QED) is 0.304. The Labute approximate surface area is 160 Å². The normalized spacial score (nSPS) is 13.8. The van der Waals surface area contributed by atoms with Crippen LogP contribution in [-0.4, -0.2) is 11.5 Å². The van der Waals surface area contributed by atoms with Crippen molar-refractivity contribution in [1.82, 2.24) is 0 Å². The molecule has 0 nitrogen and oxygen atoms in total. The second kappa shape index (κ2) is 14.1. The van der Waals surface area contributed by atoms with Gasteiger partial charge in [0.25, 0.3) is 0 Å². The molecule has 0 saturated carbocycles. The number of rotatable bonds is 14. The van der Waals surface area contributed by atoms with Crippen molar-refractivity contribution in [2.75, 3.05) is 11.5 Å². The monoisotopic (exact) mass is 366 g/mol. The van der Waals surface area contributed by atoms with Gasteiger partial charge in [-0.3, -0.25) is 0 Å². The first-order valence-electron chi connectivity index (χ1n) is 10.1. The molecule has 0 N–H and O–H groups in total. The highest BCUT2D eigenvalue weighted by molar-refractivity contribution is 8.02. The Morgan fingerprint density at radius 1 is 0.708 bits per heavy atom. The minimum Gasteiger partial charge on any atom is -0.125 e. The van der Waals surface area contributed by atoms with Gasteiger partial charge in [-0.25, -0.2) is 0 Å². The van der Waals surface area contributed by atoms with Gasteiger partial charge in [0.1, 0.15) is 0 Å². The zero-order chi connectivity index (χ0) is 17.6. The van der Waals surface area contributed by atoms with E-state index in [0.29, 0.717) is 0 Å². The van der Waals surface area contributed by atoms with E-state index in [1.165, 1.54) is 72.7 Å². The van der Waals surface area contributed by atoms with Gasteiger partial charge in [0, 0.05) is 21.3 Å². The highest BCUT2D eigenvalue weighted by atomic mass is 32.2.